The van der Waals surface area contributed by atoms with Crippen molar-refractivity contribution in [3.8, 4) is 0 Å². The highest BCUT2D eigenvalue weighted by atomic mass is 16.5. The Bertz CT molecular complexity index is 500. The van der Waals surface area contributed by atoms with E-state index in [9.17, 15) is 9.90 Å². The molecule has 0 aliphatic heterocycles. The fourth-order valence-electron chi connectivity index (χ4n) is 2.03. The second kappa shape index (κ2) is 6.53. The number of carbonyl (C=O) groups excluding carboxylic acids is 1. The number of ether oxygens (including phenoxy) is 1. The van der Waals surface area contributed by atoms with Gasteiger partial charge in [0.1, 0.15) is 0 Å². The van der Waals surface area contributed by atoms with Gasteiger partial charge in [0.05, 0.1) is 7.11 Å². The molecule has 0 bridgehead atoms. The van der Waals surface area contributed by atoms with Gasteiger partial charge in [-0.25, -0.2) is 4.79 Å². The zero-order valence-electron chi connectivity index (χ0n) is 12.5. The third-order valence-electron chi connectivity index (χ3n) is 3.38. The van der Waals surface area contributed by atoms with Crippen LogP contribution < -0.4 is 0 Å². The van der Waals surface area contributed by atoms with Crippen molar-refractivity contribution in [1.82, 2.24) is 0 Å². The summed E-state index contributed by atoms with van der Waals surface area (Å²) in [4.78, 5) is 12.0. The lowest BCUT2D eigenvalue weighted by molar-refractivity contribution is -0.164. The first-order valence-corrected chi connectivity index (χ1v) is 6.56. The van der Waals surface area contributed by atoms with Gasteiger partial charge < -0.3 is 9.84 Å². The van der Waals surface area contributed by atoms with Crippen LogP contribution in [0.1, 0.15) is 26.3 Å². The summed E-state index contributed by atoms with van der Waals surface area (Å²) in [6, 6.07) is 9.50. The van der Waals surface area contributed by atoms with Gasteiger partial charge in [-0.15, -0.1) is 0 Å². The van der Waals surface area contributed by atoms with Crippen LogP contribution in [-0.2, 0) is 9.53 Å². The lowest BCUT2D eigenvalue weighted by Crippen LogP contribution is -2.49. The van der Waals surface area contributed by atoms with Crippen LogP contribution in [0, 0.1) is 5.41 Å². The summed E-state index contributed by atoms with van der Waals surface area (Å²) in [5, 5.41) is 10.8. The molecular formula is C17H22O3. The summed E-state index contributed by atoms with van der Waals surface area (Å²) in [7, 11) is 1.27. The van der Waals surface area contributed by atoms with Crippen LogP contribution in [0.25, 0.3) is 6.08 Å². The van der Waals surface area contributed by atoms with E-state index in [2.05, 4.69) is 0 Å². The van der Waals surface area contributed by atoms with E-state index in [0.29, 0.717) is 0 Å². The molecule has 0 saturated heterocycles. The number of hydrogen-bond acceptors (Lipinski definition) is 3. The molecule has 0 radical (unpaired) electrons. The standard InChI is InChI=1S/C17H22O3/c1-5-12-16(2,3)17(19,15(18)20-4)13-11-14-9-7-6-8-10-14/h5-13,19H,1-4H3/b12-5+,13-11+/t17-/m0/s1. The third-order valence-corrected chi connectivity index (χ3v) is 3.38. The van der Waals surface area contributed by atoms with Gasteiger partial charge in [0.15, 0.2) is 5.60 Å². The molecule has 1 rings (SSSR count). The maximum absolute atomic E-state index is 12.0. The SMILES string of the molecule is C/C=C/C(C)(C)[C@](O)(/C=C/c1ccccc1)C(=O)OC. The van der Waals surface area contributed by atoms with Crippen LogP contribution in [0.2, 0.25) is 0 Å². The normalized spacial score (nSPS) is 15.4. The molecule has 3 nitrogen and oxygen atoms in total. The van der Waals surface area contributed by atoms with Crippen molar-refractivity contribution in [2.24, 2.45) is 5.41 Å². The van der Waals surface area contributed by atoms with Crippen molar-refractivity contribution >= 4 is 12.0 Å². The average Bonchev–Trinajstić information content (AvgIpc) is 2.44. The summed E-state index contributed by atoms with van der Waals surface area (Å²) >= 11 is 0. The minimum Gasteiger partial charge on any atom is -0.467 e. The topological polar surface area (TPSA) is 46.5 Å². The number of hydrogen-bond donors (Lipinski definition) is 1. The van der Waals surface area contributed by atoms with Crippen LogP contribution in [0.5, 0.6) is 0 Å². The van der Waals surface area contributed by atoms with E-state index >= 15 is 0 Å². The molecule has 0 aromatic heterocycles. The minimum atomic E-state index is -1.72. The van der Waals surface area contributed by atoms with Crippen molar-refractivity contribution < 1.29 is 14.6 Å². The molecule has 0 heterocycles. The number of aliphatic hydroxyl groups is 1. The zero-order chi connectivity index (χ0) is 15.2. The molecule has 0 saturated carbocycles. The Balaban J connectivity index is 3.20. The van der Waals surface area contributed by atoms with Gasteiger partial charge >= 0.3 is 5.97 Å². The lowest BCUT2D eigenvalue weighted by atomic mass is 9.74. The quantitative estimate of drug-likeness (QED) is 0.662. The second-order valence-corrected chi connectivity index (χ2v) is 5.22. The lowest BCUT2D eigenvalue weighted by Gasteiger charge is -2.35. The van der Waals surface area contributed by atoms with Crippen LogP contribution in [0.3, 0.4) is 0 Å². The minimum absolute atomic E-state index is 0.673. The first-order chi connectivity index (χ1) is 9.37. The van der Waals surface area contributed by atoms with E-state index in [-0.39, 0.29) is 0 Å². The highest BCUT2D eigenvalue weighted by Crippen LogP contribution is 2.35. The zero-order valence-corrected chi connectivity index (χ0v) is 12.5. The Morgan fingerprint density at radius 1 is 1.20 bits per heavy atom. The molecule has 20 heavy (non-hydrogen) atoms. The van der Waals surface area contributed by atoms with Gasteiger partial charge in [0, 0.05) is 5.41 Å². The number of methoxy groups -OCH3 is 1. The molecule has 3 heteroatoms. The summed E-state index contributed by atoms with van der Waals surface area (Å²) in [6.45, 7) is 5.43. The molecule has 1 N–H and O–H groups in total. The molecule has 0 aliphatic rings. The van der Waals surface area contributed by atoms with Crippen molar-refractivity contribution in [2.45, 2.75) is 26.4 Å². The molecule has 0 fully saturated rings. The first kappa shape index (κ1) is 16.2. The van der Waals surface area contributed by atoms with Crippen molar-refractivity contribution in [1.29, 1.82) is 0 Å². The van der Waals surface area contributed by atoms with Gasteiger partial charge in [-0.2, -0.15) is 0 Å². The molecule has 0 aliphatic carbocycles. The fourth-order valence-corrected chi connectivity index (χ4v) is 2.03. The Hall–Kier alpha value is -1.87. The van der Waals surface area contributed by atoms with Crippen LogP contribution in [0.15, 0.2) is 48.6 Å². The average molecular weight is 274 g/mol. The fraction of sp³-hybridized carbons (Fsp3) is 0.353. The second-order valence-electron chi connectivity index (χ2n) is 5.22. The van der Waals surface area contributed by atoms with E-state index in [0.717, 1.165) is 5.56 Å². The van der Waals surface area contributed by atoms with E-state index in [1.807, 2.05) is 43.3 Å². The van der Waals surface area contributed by atoms with E-state index in [4.69, 9.17) is 4.74 Å². The molecule has 0 spiro atoms. The first-order valence-electron chi connectivity index (χ1n) is 6.56. The molecule has 0 unspecified atom stereocenters. The van der Waals surface area contributed by atoms with E-state index < -0.39 is 17.0 Å². The maximum Gasteiger partial charge on any atom is 0.342 e. The predicted octanol–water partition coefficient (Wildman–Crippen LogP) is 3.21. The number of rotatable bonds is 5. The maximum atomic E-state index is 12.0. The van der Waals surface area contributed by atoms with E-state index in [1.54, 1.807) is 26.0 Å². The molecule has 1 aromatic carbocycles. The molecule has 1 atom stereocenters. The number of esters is 1. The molecular weight excluding hydrogens is 252 g/mol. The highest BCUT2D eigenvalue weighted by Gasteiger charge is 2.47. The van der Waals surface area contributed by atoms with Crippen molar-refractivity contribution in [2.75, 3.05) is 7.11 Å². The number of benzene rings is 1. The van der Waals surface area contributed by atoms with Gasteiger partial charge in [0.25, 0.3) is 0 Å². The molecule has 108 valence electrons. The summed E-state index contributed by atoms with van der Waals surface area (Å²) < 4.78 is 4.76. The number of carbonyl (C=O) groups is 1. The largest absolute Gasteiger partial charge is 0.467 e. The highest BCUT2D eigenvalue weighted by molar-refractivity contribution is 5.84. The third kappa shape index (κ3) is 3.36. The summed E-state index contributed by atoms with van der Waals surface area (Å²) in [5.74, 6) is -0.673. The van der Waals surface area contributed by atoms with Gasteiger partial charge in [-0.05, 0) is 18.6 Å². The Morgan fingerprint density at radius 2 is 1.80 bits per heavy atom. The van der Waals surface area contributed by atoms with Gasteiger partial charge in [0.2, 0.25) is 0 Å². The summed E-state index contributed by atoms with van der Waals surface area (Å²) in [5.41, 5.74) is -1.59. The Labute approximate surface area is 120 Å². The molecule has 0 amide bonds. The Kier molecular flexibility index (Phi) is 5.28. The van der Waals surface area contributed by atoms with Crippen molar-refractivity contribution in [3.05, 3.63) is 54.1 Å². The van der Waals surface area contributed by atoms with Crippen LogP contribution in [0.4, 0.5) is 0 Å². The monoisotopic (exact) mass is 274 g/mol. The van der Waals surface area contributed by atoms with Gasteiger partial charge in [-0.3, -0.25) is 0 Å². The van der Waals surface area contributed by atoms with Gasteiger partial charge in [-0.1, -0.05) is 62.4 Å². The van der Waals surface area contributed by atoms with Crippen LogP contribution in [-0.4, -0.2) is 23.8 Å². The van der Waals surface area contributed by atoms with Crippen LogP contribution >= 0.6 is 0 Å². The molecule has 1 aromatic rings. The number of allylic oxidation sites excluding steroid dienone is 1. The van der Waals surface area contributed by atoms with E-state index in [1.165, 1.54) is 13.2 Å². The summed E-state index contributed by atoms with van der Waals surface area (Å²) in [6.07, 6.45) is 6.82. The smallest absolute Gasteiger partial charge is 0.342 e. The Morgan fingerprint density at radius 3 is 2.30 bits per heavy atom. The predicted molar refractivity (Wildman–Crippen MR) is 81.0 cm³/mol. The van der Waals surface area contributed by atoms with Crippen molar-refractivity contribution in [3.63, 3.8) is 0 Å².